The average Bonchev–Trinajstić information content (AvgIpc) is 2.91. The van der Waals surface area contributed by atoms with Crippen LogP contribution in [-0.2, 0) is 14.3 Å². The van der Waals surface area contributed by atoms with E-state index in [4.69, 9.17) is 10.5 Å². The van der Waals surface area contributed by atoms with Gasteiger partial charge in [0.2, 0.25) is 5.54 Å². The van der Waals surface area contributed by atoms with Crippen LogP contribution < -0.4 is 10.5 Å². The third-order valence-corrected chi connectivity index (χ3v) is 7.50. The minimum absolute atomic E-state index is 0.229. The molecule has 3 N–H and O–H groups in total. The van der Waals surface area contributed by atoms with Crippen LogP contribution in [0, 0.1) is 0 Å². The van der Waals surface area contributed by atoms with Gasteiger partial charge in [0.15, 0.2) is 0 Å². The van der Waals surface area contributed by atoms with Gasteiger partial charge in [-0.05, 0) is 28.8 Å². The van der Waals surface area contributed by atoms with Crippen molar-refractivity contribution in [2.75, 3.05) is 5.75 Å². The van der Waals surface area contributed by atoms with E-state index in [1.165, 1.54) is 11.8 Å². The van der Waals surface area contributed by atoms with Gasteiger partial charge in [-0.2, -0.15) is 0 Å². The maximum atomic E-state index is 13.1. The SMILES string of the molecule is N[C@@](CSC(c1ccccc1)(c1ccccc1)c1ccccc1)(C(=O)O)C(=O)Oc1ccccc1. The molecular formula is C29H25NO4S. The first-order chi connectivity index (χ1) is 17.0. The number of carboxylic acid groups (broad SMARTS) is 1. The Morgan fingerprint density at radius 3 is 1.43 bits per heavy atom. The summed E-state index contributed by atoms with van der Waals surface area (Å²) in [6.45, 7) is 0. The summed E-state index contributed by atoms with van der Waals surface area (Å²) < 4.78 is 4.54. The number of esters is 1. The Morgan fingerprint density at radius 1 is 0.686 bits per heavy atom. The Kier molecular flexibility index (Phi) is 7.34. The fourth-order valence-corrected chi connectivity index (χ4v) is 5.48. The van der Waals surface area contributed by atoms with Crippen LogP contribution in [0.1, 0.15) is 16.7 Å². The Balaban J connectivity index is 1.79. The molecule has 4 rings (SSSR count). The van der Waals surface area contributed by atoms with Crippen molar-refractivity contribution in [2.45, 2.75) is 10.3 Å². The summed E-state index contributed by atoms with van der Waals surface area (Å²) in [5, 5.41) is 10.1. The van der Waals surface area contributed by atoms with E-state index in [2.05, 4.69) is 0 Å². The molecule has 0 unspecified atom stereocenters. The molecule has 1 atom stereocenters. The van der Waals surface area contributed by atoms with Crippen molar-refractivity contribution in [1.29, 1.82) is 0 Å². The molecule has 0 saturated heterocycles. The zero-order valence-corrected chi connectivity index (χ0v) is 19.7. The number of thioether (sulfide) groups is 1. The Morgan fingerprint density at radius 2 is 1.06 bits per heavy atom. The molecule has 4 aromatic carbocycles. The summed E-state index contributed by atoms with van der Waals surface area (Å²) in [6.07, 6.45) is 0. The lowest BCUT2D eigenvalue weighted by molar-refractivity contribution is -0.153. The normalized spacial score (nSPS) is 12.9. The number of para-hydroxylation sites is 1. The number of nitrogens with two attached hydrogens (primary N) is 1. The van der Waals surface area contributed by atoms with Gasteiger partial charge in [-0.1, -0.05) is 109 Å². The fourth-order valence-electron chi connectivity index (χ4n) is 3.89. The third-order valence-electron chi connectivity index (χ3n) is 5.76. The number of benzene rings is 4. The lowest BCUT2D eigenvalue weighted by atomic mass is 9.84. The van der Waals surface area contributed by atoms with Crippen LogP contribution in [0.15, 0.2) is 121 Å². The third kappa shape index (κ3) is 4.99. The van der Waals surface area contributed by atoms with Crippen LogP contribution in [0.2, 0.25) is 0 Å². The van der Waals surface area contributed by atoms with Gasteiger partial charge in [0.1, 0.15) is 5.75 Å². The molecule has 0 heterocycles. The van der Waals surface area contributed by atoms with Crippen molar-refractivity contribution in [3.05, 3.63) is 138 Å². The van der Waals surface area contributed by atoms with Crippen LogP contribution in [0.5, 0.6) is 5.75 Å². The molecule has 5 nitrogen and oxygen atoms in total. The Bertz CT molecular complexity index is 1170. The highest BCUT2D eigenvalue weighted by molar-refractivity contribution is 8.00. The molecule has 0 bridgehead atoms. The summed E-state index contributed by atoms with van der Waals surface area (Å²) in [5.74, 6) is -2.47. The van der Waals surface area contributed by atoms with Gasteiger partial charge in [0, 0.05) is 5.75 Å². The molecule has 6 heteroatoms. The van der Waals surface area contributed by atoms with Gasteiger partial charge in [0.05, 0.1) is 4.75 Å². The van der Waals surface area contributed by atoms with Gasteiger partial charge in [0.25, 0.3) is 0 Å². The van der Waals surface area contributed by atoms with Gasteiger partial charge in [-0.3, -0.25) is 0 Å². The highest BCUT2D eigenvalue weighted by Crippen LogP contribution is 2.49. The number of carbonyl (C=O) groups is 2. The lowest BCUT2D eigenvalue weighted by Crippen LogP contribution is -2.59. The molecule has 0 aliphatic carbocycles. The second-order valence-electron chi connectivity index (χ2n) is 8.05. The second-order valence-corrected chi connectivity index (χ2v) is 9.24. The van der Waals surface area contributed by atoms with Crippen molar-refractivity contribution < 1.29 is 19.4 Å². The van der Waals surface area contributed by atoms with E-state index in [1.54, 1.807) is 30.3 Å². The minimum atomic E-state index is -2.27. The molecule has 0 aliphatic rings. The molecule has 0 fully saturated rings. The Hall–Kier alpha value is -3.87. The highest BCUT2D eigenvalue weighted by atomic mass is 32.2. The number of aliphatic carboxylic acids is 1. The first-order valence-electron chi connectivity index (χ1n) is 11.1. The summed E-state index contributed by atoms with van der Waals surface area (Å²) in [6, 6.07) is 37.7. The van der Waals surface area contributed by atoms with Crippen molar-refractivity contribution in [3.63, 3.8) is 0 Å². The smallest absolute Gasteiger partial charge is 0.344 e. The summed E-state index contributed by atoms with van der Waals surface area (Å²) in [7, 11) is 0. The topological polar surface area (TPSA) is 89.6 Å². The predicted octanol–water partition coefficient (Wildman–Crippen LogP) is 5.10. The van der Waals surface area contributed by atoms with Gasteiger partial charge in [-0.15, -0.1) is 11.8 Å². The molecule has 0 aliphatic heterocycles. The zero-order valence-electron chi connectivity index (χ0n) is 18.9. The van der Waals surface area contributed by atoms with Gasteiger partial charge < -0.3 is 15.6 Å². The molecule has 0 spiro atoms. The van der Waals surface area contributed by atoms with Crippen LogP contribution in [-0.4, -0.2) is 28.3 Å². The molecular weight excluding hydrogens is 458 g/mol. The predicted molar refractivity (Wildman–Crippen MR) is 138 cm³/mol. The quantitative estimate of drug-likeness (QED) is 0.149. The van der Waals surface area contributed by atoms with Crippen molar-refractivity contribution in [1.82, 2.24) is 0 Å². The van der Waals surface area contributed by atoms with E-state index < -0.39 is 22.2 Å². The molecule has 0 saturated carbocycles. The number of hydrogen-bond acceptors (Lipinski definition) is 5. The Labute approximate surface area is 208 Å². The highest BCUT2D eigenvalue weighted by Gasteiger charge is 2.48. The summed E-state index contributed by atoms with van der Waals surface area (Å²) in [5.41, 5.74) is 6.81. The maximum Gasteiger partial charge on any atom is 0.344 e. The van der Waals surface area contributed by atoms with E-state index in [0.29, 0.717) is 0 Å². The zero-order chi connectivity index (χ0) is 24.7. The number of rotatable bonds is 9. The number of hydrogen-bond donors (Lipinski definition) is 2. The average molecular weight is 484 g/mol. The van der Waals surface area contributed by atoms with Crippen LogP contribution in [0.4, 0.5) is 0 Å². The van der Waals surface area contributed by atoms with Crippen LogP contribution >= 0.6 is 11.8 Å². The maximum absolute atomic E-state index is 13.1. The van der Waals surface area contributed by atoms with Gasteiger partial charge in [-0.25, -0.2) is 9.59 Å². The molecule has 0 radical (unpaired) electrons. The largest absolute Gasteiger partial charge is 0.479 e. The molecule has 35 heavy (non-hydrogen) atoms. The lowest BCUT2D eigenvalue weighted by Gasteiger charge is -2.37. The number of carboxylic acids is 1. The van der Waals surface area contributed by atoms with E-state index in [-0.39, 0.29) is 11.5 Å². The molecule has 0 amide bonds. The van der Waals surface area contributed by atoms with Crippen molar-refractivity contribution >= 4 is 23.7 Å². The molecule has 0 aromatic heterocycles. The minimum Gasteiger partial charge on any atom is -0.479 e. The summed E-state index contributed by atoms with van der Waals surface area (Å²) in [4.78, 5) is 25.4. The van der Waals surface area contributed by atoms with Crippen molar-refractivity contribution in [2.24, 2.45) is 5.73 Å². The van der Waals surface area contributed by atoms with E-state index in [0.717, 1.165) is 16.7 Å². The first kappa shape index (κ1) is 24.3. The molecule has 4 aromatic rings. The van der Waals surface area contributed by atoms with Crippen molar-refractivity contribution in [3.8, 4) is 5.75 Å². The van der Waals surface area contributed by atoms with E-state index in [9.17, 15) is 14.7 Å². The van der Waals surface area contributed by atoms with E-state index in [1.807, 2.05) is 91.0 Å². The van der Waals surface area contributed by atoms with Gasteiger partial charge >= 0.3 is 11.9 Å². The van der Waals surface area contributed by atoms with Crippen LogP contribution in [0.25, 0.3) is 0 Å². The number of carbonyl (C=O) groups excluding carboxylic acids is 1. The molecule has 176 valence electrons. The monoisotopic (exact) mass is 483 g/mol. The fraction of sp³-hybridized carbons (Fsp3) is 0.103. The van der Waals surface area contributed by atoms with Crippen LogP contribution in [0.3, 0.4) is 0 Å². The first-order valence-corrected chi connectivity index (χ1v) is 12.1. The van der Waals surface area contributed by atoms with E-state index >= 15 is 0 Å². The second kappa shape index (κ2) is 10.6. The standard InChI is InChI=1S/C29H25NO4S/c30-28(26(31)32,27(33)34-25-19-11-4-12-20-25)21-35-29(22-13-5-1-6-14-22,23-15-7-2-8-16-23)24-17-9-3-10-18-24/h1-20H,21,30H2,(H,31,32)/t28-/m0/s1. The number of ether oxygens (including phenoxy) is 1. The summed E-state index contributed by atoms with van der Waals surface area (Å²) >= 11 is 1.30.